The molecule has 0 aliphatic carbocycles. The maximum absolute atomic E-state index is 5.74. The minimum Gasteiger partial charge on any atom is -0.490 e. The highest BCUT2D eigenvalue weighted by Gasteiger charge is 2.12. The van der Waals surface area contributed by atoms with Gasteiger partial charge in [0.1, 0.15) is 6.54 Å². The first-order chi connectivity index (χ1) is 12.7. The van der Waals surface area contributed by atoms with Gasteiger partial charge in [-0.15, -0.1) is 0 Å². The molecule has 0 saturated heterocycles. The van der Waals surface area contributed by atoms with Crippen LogP contribution in [0.15, 0.2) is 33.8 Å². The van der Waals surface area contributed by atoms with Crippen molar-refractivity contribution in [2.45, 2.75) is 39.7 Å². The number of ether oxygens (including phenoxy) is 2. The highest BCUT2D eigenvalue weighted by Crippen LogP contribution is 2.32. The van der Waals surface area contributed by atoms with Crippen LogP contribution in [-0.4, -0.2) is 30.9 Å². The highest BCUT2D eigenvalue weighted by molar-refractivity contribution is 5.93. The van der Waals surface area contributed by atoms with Crippen molar-refractivity contribution >= 4 is 11.6 Å². The number of nitrogens with one attached hydrogen (secondary N) is 2. The second-order valence-corrected chi connectivity index (χ2v) is 6.40. The smallest absolute Gasteiger partial charge is 0.196 e. The Balaban J connectivity index is 1.70. The molecule has 2 heterocycles. The molecule has 3 rings (SSSR count). The van der Waals surface area contributed by atoms with E-state index in [1.807, 2.05) is 31.2 Å². The van der Waals surface area contributed by atoms with E-state index in [-0.39, 0.29) is 0 Å². The molecule has 26 heavy (non-hydrogen) atoms. The monoisotopic (exact) mass is 358 g/mol. The first-order valence-corrected chi connectivity index (χ1v) is 9.06. The van der Waals surface area contributed by atoms with Gasteiger partial charge in [-0.1, -0.05) is 19.0 Å². The van der Waals surface area contributed by atoms with Crippen molar-refractivity contribution in [1.82, 2.24) is 10.5 Å². The van der Waals surface area contributed by atoms with Gasteiger partial charge in [-0.3, -0.25) is 0 Å². The van der Waals surface area contributed by atoms with Crippen molar-refractivity contribution in [1.29, 1.82) is 0 Å². The van der Waals surface area contributed by atoms with Gasteiger partial charge in [-0.2, -0.15) is 0 Å². The zero-order valence-electron chi connectivity index (χ0n) is 15.5. The molecule has 1 aromatic carbocycles. The van der Waals surface area contributed by atoms with E-state index in [1.165, 1.54) is 0 Å². The summed E-state index contributed by atoms with van der Waals surface area (Å²) in [4.78, 5) is 4.57. The third-order valence-corrected chi connectivity index (χ3v) is 3.92. The number of hydrogen-bond acceptors (Lipinski definition) is 5. The molecule has 140 valence electrons. The molecule has 0 saturated carbocycles. The molecule has 1 aliphatic rings. The van der Waals surface area contributed by atoms with Crippen molar-refractivity contribution < 1.29 is 14.0 Å². The van der Waals surface area contributed by atoms with E-state index in [0.29, 0.717) is 31.6 Å². The Morgan fingerprint density at radius 1 is 1.19 bits per heavy atom. The van der Waals surface area contributed by atoms with E-state index in [9.17, 15) is 0 Å². The Hall–Kier alpha value is -2.70. The molecule has 0 spiro atoms. The molecule has 0 radical (unpaired) electrons. The van der Waals surface area contributed by atoms with Gasteiger partial charge in [0.05, 0.1) is 18.9 Å². The average molecular weight is 358 g/mol. The molecular formula is C19H26N4O3. The Morgan fingerprint density at radius 2 is 2.00 bits per heavy atom. The summed E-state index contributed by atoms with van der Waals surface area (Å²) in [6.45, 7) is 8.70. The molecule has 0 unspecified atom stereocenters. The van der Waals surface area contributed by atoms with Gasteiger partial charge < -0.3 is 24.6 Å². The average Bonchev–Trinajstić information content (AvgIpc) is 2.98. The maximum atomic E-state index is 5.74. The first kappa shape index (κ1) is 18.1. The number of aromatic nitrogens is 1. The summed E-state index contributed by atoms with van der Waals surface area (Å²) in [6, 6.07) is 7.74. The fourth-order valence-corrected chi connectivity index (χ4v) is 2.52. The van der Waals surface area contributed by atoms with Gasteiger partial charge in [-0.25, -0.2) is 4.99 Å². The molecular weight excluding hydrogens is 332 g/mol. The Labute approximate surface area is 153 Å². The second-order valence-electron chi connectivity index (χ2n) is 6.40. The van der Waals surface area contributed by atoms with Gasteiger partial charge in [0.25, 0.3) is 0 Å². The van der Waals surface area contributed by atoms with Gasteiger partial charge in [0.15, 0.2) is 23.2 Å². The number of hydrogen-bond donors (Lipinski definition) is 2. The normalized spacial score (nSPS) is 14.2. The van der Waals surface area contributed by atoms with E-state index in [0.717, 1.165) is 41.6 Å². The zero-order valence-corrected chi connectivity index (χ0v) is 15.5. The lowest BCUT2D eigenvalue weighted by Gasteiger charge is -2.13. The summed E-state index contributed by atoms with van der Waals surface area (Å²) < 4.78 is 16.7. The second kappa shape index (κ2) is 8.60. The molecule has 2 N–H and O–H groups in total. The van der Waals surface area contributed by atoms with Crippen LogP contribution in [0.25, 0.3) is 0 Å². The molecule has 0 bridgehead atoms. The third kappa shape index (κ3) is 4.68. The molecule has 0 fully saturated rings. The number of nitrogens with zero attached hydrogens (tertiary/aromatic N) is 2. The molecule has 2 aromatic rings. The minimum atomic E-state index is 0.338. The van der Waals surface area contributed by atoms with E-state index < -0.39 is 0 Å². The lowest BCUT2D eigenvalue weighted by molar-refractivity contribution is 0.297. The van der Waals surface area contributed by atoms with Crippen LogP contribution in [0.3, 0.4) is 0 Å². The third-order valence-electron chi connectivity index (χ3n) is 3.92. The van der Waals surface area contributed by atoms with Crippen LogP contribution in [0.4, 0.5) is 5.69 Å². The number of aliphatic imine (C=N–C) groups is 1. The van der Waals surface area contributed by atoms with Crippen molar-refractivity contribution in [3.05, 3.63) is 35.7 Å². The highest BCUT2D eigenvalue weighted by atomic mass is 16.5. The van der Waals surface area contributed by atoms with E-state index in [4.69, 9.17) is 14.0 Å². The lowest BCUT2D eigenvalue weighted by atomic mass is 10.1. The molecule has 0 atom stereocenters. The van der Waals surface area contributed by atoms with Crippen molar-refractivity contribution in [2.24, 2.45) is 4.99 Å². The van der Waals surface area contributed by atoms with Crippen LogP contribution in [0.5, 0.6) is 11.5 Å². The summed E-state index contributed by atoms with van der Waals surface area (Å²) in [5.41, 5.74) is 1.82. The summed E-state index contributed by atoms with van der Waals surface area (Å²) in [5.74, 6) is 3.27. The van der Waals surface area contributed by atoms with E-state index in [1.54, 1.807) is 0 Å². The quantitative estimate of drug-likeness (QED) is 0.628. The lowest BCUT2D eigenvalue weighted by Crippen LogP contribution is -2.30. The topological polar surface area (TPSA) is 80.9 Å². The van der Waals surface area contributed by atoms with Gasteiger partial charge >= 0.3 is 0 Å². The summed E-state index contributed by atoms with van der Waals surface area (Å²) in [5, 5.41) is 10.6. The van der Waals surface area contributed by atoms with Gasteiger partial charge in [0.2, 0.25) is 0 Å². The van der Waals surface area contributed by atoms with Crippen molar-refractivity contribution in [2.75, 3.05) is 25.1 Å². The van der Waals surface area contributed by atoms with Gasteiger partial charge in [0, 0.05) is 30.8 Å². The SMILES string of the molecule is CCNC(=NCc1cc(C(C)C)no1)Nc1ccc2c(c1)OCCCO2. The summed E-state index contributed by atoms with van der Waals surface area (Å²) >= 11 is 0. The van der Waals surface area contributed by atoms with Crippen molar-refractivity contribution in [3.63, 3.8) is 0 Å². The number of fused-ring (bicyclic) bond motifs is 1. The fraction of sp³-hybridized carbons (Fsp3) is 0.474. The molecule has 7 heteroatoms. The standard InChI is InChI=1S/C19H26N4O3/c1-4-20-19(21-12-15-11-16(13(2)3)23-26-15)22-14-6-7-17-18(10-14)25-9-5-8-24-17/h6-7,10-11,13H,4-5,8-9,12H2,1-3H3,(H2,20,21,22). The molecule has 7 nitrogen and oxygen atoms in total. The van der Waals surface area contributed by atoms with Crippen LogP contribution >= 0.6 is 0 Å². The van der Waals surface area contributed by atoms with Crippen LogP contribution in [0.1, 0.15) is 44.6 Å². The van der Waals surface area contributed by atoms with Gasteiger partial charge in [-0.05, 0) is 25.0 Å². The number of guanidine groups is 1. The number of anilines is 1. The van der Waals surface area contributed by atoms with Crippen LogP contribution in [0.2, 0.25) is 0 Å². The predicted octanol–water partition coefficient (Wildman–Crippen LogP) is 3.54. The number of benzene rings is 1. The Bertz CT molecular complexity index is 755. The first-order valence-electron chi connectivity index (χ1n) is 9.06. The molecule has 1 aromatic heterocycles. The largest absolute Gasteiger partial charge is 0.490 e. The molecule has 1 aliphatic heterocycles. The summed E-state index contributed by atoms with van der Waals surface area (Å²) in [6.07, 6.45) is 0.886. The minimum absolute atomic E-state index is 0.338. The predicted molar refractivity (Wildman–Crippen MR) is 101 cm³/mol. The van der Waals surface area contributed by atoms with Crippen LogP contribution in [-0.2, 0) is 6.54 Å². The van der Waals surface area contributed by atoms with Crippen LogP contribution in [0, 0.1) is 0 Å². The molecule has 0 amide bonds. The summed E-state index contributed by atoms with van der Waals surface area (Å²) in [7, 11) is 0. The van der Waals surface area contributed by atoms with Crippen LogP contribution < -0.4 is 20.1 Å². The maximum Gasteiger partial charge on any atom is 0.196 e. The van der Waals surface area contributed by atoms with E-state index >= 15 is 0 Å². The van der Waals surface area contributed by atoms with Crippen molar-refractivity contribution in [3.8, 4) is 11.5 Å². The number of rotatable bonds is 5. The van der Waals surface area contributed by atoms with E-state index in [2.05, 4.69) is 34.6 Å². The Kier molecular flexibility index (Phi) is 5.99. The zero-order chi connectivity index (χ0) is 18.4. The fourth-order valence-electron chi connectivity index (χ4n) is 2.52. The Morgan fingerprint density at radius 3 is 2.73 bits per heavy atom.